The molecule has 0 atom stereocenters. The largest absolute Gasteiger partial charge is 0.508 e. The first-order valence-corrected chi connectivity index (χ1v) is 5.52. The zero-order chi connectivity index (χ0) is 11.4. The molecule has 3 N–H and O–H groups in total. The molecule has 4 nitrogen and oxygen atoms in total. The van der Waals surface area contributed by atoms with E-state index < -0.39 is 0 Å². The minimum absolute atomic E-state index is 0.137. The normalized spacial score (nSPS) is 15.5. The Morgan fingerprint density at radius 2 is 2.06 bits per heavy atom. The van der Waals surface area contributed by atoms with Gasteiger partial charge in [-0.2, -0.15) is 0 Å². The number of carbonyl (C=O) groups excluding carboxylic acids is 1. The number of rotatable bonds is 4. The molecule has 86 valence electrons. The van der Waals surface area contributed by atoms with E-state index >= 15 is 0 Å². The summed E-state index contributed by atoms with van der Waals surface area (Å²) in [5.41, 5.74) is 1.12. The van der Waals surface area contributed by atoms with E-state index in [4.69, 9.17) is 5.11 Å². The van der Waals surface area contributed by atoms with Crippen LogP contribution in [0.2, 0.25) is 0 Å². The summed E-state index contributed by atoms with van der Waals surface area (Å²) < 4.78 is 0. The molecule has 1 aromatic carbocycles. The van der Waals surface area contributed by atoms with Crippen LogP contribution in [0.3, 0.4) is 0 Å². The van der Waals surface area contributed by atoms with Gasteiger partial charge in [0.25, 0.3) is 0 Å². The highest BCUT2D eigenvalue weighted by atomic mass is 16.3. The minimum atomic E-state index is 0.137. The van der Waals surface area contributed by atoms with Crippen LogP contribution in [0.15, 0.2) is 24.3 Å². The molecule has 0 radical (unpaired) electrons. The van der Waals surface area contributed by atoms with Gasteiger partial charge >= 0.3 is 0 Å². The first-order valence-electron chi connectivity index (χ1n) is 5.52. The Balaban J connectivity index is 1.71. The Morgan fingerprint density at radius 1 is 1.38 bits per heavy atom. The van der Waals surface area contributed by atoms with Crippen LogP contribution in [0.5, 0.6) is 5.75 Å². The zero-order valence-electron chi connectivity index (χ0n) is 9.07. The second kappa shape index (κ2) is 4.99. The second-order valence-electron chi connectivity index (χ2n) is 4.06. The molecule has 0 bridgehead atoms. The van der Waals surface area contributed by atoms with Crippen molar-refractivity contribution in [2.24, 2.45) is 5.92 Å². The molecule has 0 spiro atoms. The summed E-state index contributed by atoms with van der Waals surface area (Å²) in [4.78, 5) is 11.5. The fourth-order valence-electron chi connectivity index (χ4n) is 1.61. The molecule has 0 aliphatic carbocycles. The van der Waals surface area contributed by atoms with Crippen LogP contribution in [0.1, 0.15) is 5.56 Å². The summed E-state index contributed by atoms with van der Waals surface area (Å²) >= 11 is 0. The third kappa shape index (κ3) is 2.73. The van der Waals surface area contributed by atoms with Crippen LogP contribution in [0, 0.1) is 5.92 Å². The van der Waals surface area contributed by atoms with E-state index in [1.165, 1.54) is 0 Å². The van der Waals surface area contributed by atoms with Crippen LogP contribution in [0.25, 0.3) is 0 Å². The highest BCUT2D eigenvalue weighted by Crippen LogP contribution is 2.09. The van der Waals surface area contributed by atoms with Crippen molar-refractivity contribution in [1.29, 1.82) is 0 Å². The Kier molecular flexibility index (Phi) is 3.41. The zero-order valence-corrected chi connectivity index (χ0v) is 9.07. The molecule has 0 saturated carbocycles. The number of nitrogens with one attached hydrogen (secondary N) is 2. The molecule has 16 heavy (non-hydrogen) atoms. The summed E-state index contributed by atoms with van der Waals surface area (Å²) in [7, 11) is 0. The van der Waals surface area contributed by atoms with Crippen molar-refractivity contribution in [3.05, 3.63) is 29.8 Å². The van der Waals surface area contributed by atoms with Crippen molar-refractivity contribution in [2.45, 2.75) is 6.42 Å². The van der Waals surface area contributed by atoms with Gasteiger partial charge in [-0.3, -0.25) is 4.79 Å². The molecule has 1 aliphatic rings. The average Bonchev–Trinajstić information content (AvgIpc) is 2.18. The van der Waals surface area contributed by atoms with Crippen molar-refractivity contribution in [3.63, 3.8) is 0 Å². The maximum Gasteiger partial charge on any atom is 0.225 e. The van der Waals surface area contributed by atoms with Crippen molar-refractivity contribution >= 4 is 5.91 Å². The molecule has 1 amide bonds. The number of phenolic OH excluding ortho intramolecular Hbond substituents is 1. The Labute approximate surface area is 94.7 Å². The van der Waals surface area contributed by atoms with Crippen molar-refractivity contribution in [3.8, 4) is 5.75 Å². The Bertz CT molecular complexity index is 358. The number of aromatic hydroxyl groups is 1. The smallest absolute Gasteiger partial charge is 0.225 e. The van der Waals surface area contributed by atoms with Gasteiger partial charge in [-0.15, -0.1) is 0 Å². The highest BCUT2D eigenvalue weighted by molar-refractivity contribution is 5.79. The second-order valence-corrected chi connectivity index (χ2v) is 4.06. The number of hydrogen-bond acceptors (Lipinski definition) is 3. The lowest BCUT2D eigenvalue weighted by Gasteiger charge is -2.25. The van der Waals surface area contributed by atoms with E-state index in [2.05, 4.69) is 10.6 Å². The quantitative estimate of drug-likeness (QED) is 0.682. The Hall–Kier alpha value is -1.55. The lowest BCUT2D eigenvalue weighted by molar-refractivity contribution is -0.126. The lowest BCUT2D eigenvalue weighted by atomic mass is 10.0. The van der Waals surface area contributed by atoms with E-state index in [9.17, 15) is 4.79 Å². The van der Waals surface area contributed by atoms with E-state index in [-0.39, 0.29) is 17.6 Å². The SMILES string of the molecule is O=C(NCCc1ccc(O)cc1)C1CNC1. The van der Waals surface area contributed by atoms with E-state index in [0.717, 1.165) is 25.1 Å². The van der Waals surface area contributed by atoms with Gasteiger partial charge in [0.1, 0.15) is 5.75 Å². The molecule has 1 fully saturated rings. The van der Waals surface area contributed by atoms with Gasteiger partial charge in [0.2, 0.25) is 5.91 Å². The first-order chi connectivity index (χ1) is 7.75. The highest BCUT2D eigenvalue weighted by Gasteiger charge is 2.23. The summed E-state index contributed by atoms with van der Waals surface area (Å²) in [6.07, 6.45) is 0.798. The number of amides is 1. The van der Waals surface area contributed by atoms with Crippen LogP contribution in [-0.4, -0.2) is 30.6 Å². The maximum absolute atomic E-state index is 11.5. The molecule has 2 rings (SSSR count). The van der Waals surface area contributed by atoms with Crippen LogP contribution < -0.4 is 10.6 Å². The fraction of sp³-hybridized carbons (Fsp3) is 0.417. The van der Waals surface area contributed by atoms with Gasteiger partial charge in [0, 0.05) is 19.6 Å². The molecule has 1 heterocycles. The van der Waals surface area contributed by atoms with Crippen molar-refractivity contribution < 1.29 is 9.90 Å². The van der Waals surface area contributed by atoms with Gasteiger partial charge in [0.15, 0.2) is 0 Å². The standard InChI is InChI=1S/C12H16N2O2/c15-11-3-1-9(2-4-11)5-6-14-12(16)10-7-13-8-10/h1-4,10,13,15H,5-8H2,(H,14,16). The van der Waals surface area contributed by atoms with Crippen LogP contribution >= 0.6 is 0 Å². The van der Waals surface area contributed by atoms with Crippen molar-refractivity contribution in [2.75, 3.05) is 19.6 Å². The number of carbonyl (C=O) groups is 1. The first kappa shape index (κ1) is 11.0. The van der Waals surface area contributed by atoms with E-state index in [1.807, 2.05) is 12.1 Å². The number of hydrogen-bond donors (Lipinski definition) is 3. The molecule has 1 saturated heterocycles. The summed E-state index contributed by atoms with van der Waals surface area (Å²) in [5.74, 6) is 0.561. The summed E-state index contributed by atoms with van der Waals surface area (Å²) in [6, 6.07) is 7.05. The predicted octanol–water partition coefficient (Wildman–Crippen LogP) is 0.270. The number of phenols is 1. The molecular weight excluding hydrogens is 204 g/mol. The van der Waals surface area contributed by atoms with E-state index in [1.54, 1.807) is 12.1 Å². The minimum Gasteiger partial charge on any atom is -0.508 e. The van der Waals surface area contributed by atoms with Gasteiger partial charge in [-0.25, -0.2) is 0 Å². The third-order valence-electron chi connectivity index (χ3n) is 2.80. The van der Waals surface area contributed by atoms with E-state index in [0.29, 0.717) is 6.54 Å². The summed E-state index contributed by atoms with van der Waals surface area (Å²) in [5, 5.41) is 15.1. The maximum atomic E-state index is 11.5. The average molecular weight is 220 g/mol. The van der Waals surface area contributed by atoms with Crippen LogP contribution in [-0.2, 0) is 11.2 Å². The fourth-order valence-corrected chi connectivity index (χ4v) is 1.61. The molecule has 0 aromatic heterocycles. The molecular formula is C12H16N2O2. The van der Waals surface area contributed by atoms with Gasteiger partial charge in [-0.1, -0.05) is 12.1 Å². The predicted molar refractivity (Wildman–Crippen MR) is 61.2 cm³/mol. The molecule has 1 aliphatic heterocycles. The third-order valence-corrected chi connectivity index (χ3v) is 2.80. The van der Waals surface area contributed by atoms with Gasteiger partial charge < -0.3 is 15.7 Å². The lowest BCUT2D eigenvalue weighted by Crippen LogP contribution is -2.51. The molecule has 1 aromatic rings. The molecule has 4 heteroatoms. The molecule has 0 unspecified atom stereocenters. The Morgan fingerprint density at radius 3 is 2.62 bits per heavy atom. The monoisotopic (exact) mass is 220 g/mol. The number of benzene rings is 1. The van der Waals surface area contributed by atoms with Crippen LogP contribution in [0.4, 0.5) is 0 Å². The van der Waals surface area contributed by atoms with Crippen molar-refractivity contribution in [1.82, 2.24) is 10.6 Å². The summed E-state index contributed by atoms with van der Waals surface area (Å²) in [6.45, 7) is 2.25. The van der Waals surface area contributed by atoms with Gasteiger partial charge in [0.05, 0.1) is 5.92 Å². The van der Waals surface area contributed by atoms with Gasteiger partial charge in [-0.05, 0) is 24.1 Å². The topological polar surface area (TPSA) is 61.4 Å².